The van der Waals surface area contributed by atoms with E-state index < -0.39 is 0 Å². The van der Waals surface area contributed by atoms with E-state index in [0.29, 0.717) is 0 Å². The molecule has 3 aromatic rings. The van der Waals surface area contributed by atoms with Crippen LogP contribution in [0, 0.1) is 0 Å². The number of benzene rings is 2. The Kier molecular flexibility index (Phi) is 4.17. The van der Waals surface area contributed by atoms with Crippen LogP contribution in [0.2, 0.25) is 0 Å². The van der Waals surface area contributed by atoms with Gasteiger partial charge in [-0.1, -0.05) is 60.7 Å². The molecule has 24 heavy (non-hydrogen) atoms. The first-order chi connectivity index (χ1) is 11.9. The van der Waals surface area contributed by atoms with Crippen molar-refractivity contribution in [2.24, 2.45) is 0 Å². The maximum absolute atomic E-state index is 4.38. The van der Waals surface area contributed by atoms with Crippen LogP contribution in [0.15, 0.2) is 79.1 Å². The van der Waals surface area contributed by atoms with Crippen LogP contribution in [0.1, 0.15) is 35.1 Å². The van der Waals surface area contributed by atoms with Crippen LogP contribution in [0.5, 0.6) is 0 Å². The highest BCUT2D eigenvalue weighted by Gasteiger charge is 2.36. The highest BCUT2D eigenvalue weighted by Crippen LogP contribution is 2.42. The molecule has 0 fully saturated rings. The van der Waals surface area contributed by atoms with Crippen molar-refractivity contribution in [1.29, 1.82) is 0 Å². The molecule has 1 heterocycles. The molecule has 0 radical (unpaired) electrons. The summed E-state index contributed by atoms with van der Waals surface area (Å²) in [7, 11) is 0. The molecule has 0 N–H and O–H groups in total. The molecule has 0 atom stereocenters. The van der Waals surface area contributed by atoms with Crippen LogP contribution in [-0.2, 0) is 24.7 Å². The zero-order chi connectivity index (χ0) is 16.2. The summed E-state index contributed by atoms with van der Waals surface area (Å²) in [5.41, 5.74) is 5.99. The summed E-state index contributed by atoms with van der Waals surface area (Å²) < 4.78 is 0. The minimum Gasteiger partial charge on any atom is -0.264 e. The molecule has 0 amide bonds. The molecule has 0 aliphatic heterocycles. The Morgan fingerprint density at radius 3 is 2.04 bits per heavy atom. The van der Waals surface area contributed by atoms with Crippen molar-refractivity contribution < 1.29 is 0 Å². The number of pyridine rings is 1. The molecule has 0 saturated carbocycles. The Morgan fingerprint density at radius 2 is 1.42 bits per heavy atom. The predicted molar refractivity (Wildman–Crippen MR) is 99.1 cm³/mol. The minimum absolute atomic E-state index is 0.180. The van der Waals surface area contributed by atoms with E-state index in [4.69, 9.17) is 0 Å². The third-order valence-electron chi connectivity index (χ3n) is 5.35. The lowest BCUT2D eigenvalue weighted by molar-refractivity contribution is 0.352. The van der Waals surface area contributed by atoms with Gasteiger partial charge in [-0.3, -0.25) is 4.98 Å². The van der Waals surface area contributed by atoms with Gasteiger partial charge in [-0.05, 0) is 60.4 Å². The van der Waals surface area contributed by atoms with Crippen LogP contribution in [0.3, 0.4) is 0 Å². The highest BCUT2D eigenvalue weighted by molar-refractivity contribution is 5.39. The Bertz CT molecular complexity index is 751. The summed E-state index contributed by atoms with van der Waals surface area (Å²) >= 11 is 0. The largest absolute Gasteiger partial charge is 0.264 e. The van der Waals surface area contributed by atoms with Gasteiger partial charge in [0.2, 0.25) is 0 Å². The quantitative estimate of drug-likeness (QED) is 0.650. The molecule has 120 valence electrons. The number of rotatable bonds is 4. The predicted octanol–water partition coefficient (Wildman–Crippen LogP) is 5.14. The molecule has 0 bridgehead atoms. The molecular formula is C23H23N. The first-order valence-corrected chi connectivity index (χ1v) is 8.87. The maximum Gasteiger partial charge on any atom is 0.0302 e. The second kappa shape index (κ2) is 6.60. The molecule has 0 saturated heterocycles. The topological polar surface area (TPSA) is 12.9 Å². The Hall–Kier alpha value is -2.41. The van der Waals surface area contributed by atoms with Crippen LogP contribution in [-0.4, -0.2) is 4.98 Å². The fourth-order valence-electron chi connectivity index (χ4n) is 4.30. The average molecular weight is 313 g/mol. The lowest BCUT2D eigenvalue weighted by Crippen LogP contribution is -2.35. The van der Waals surface area contributed by atoms with E-state index in [1.54, 1.807) is 0 Å². The monoisotopic (exact) mass is 313 g/mol. The lowest BCUT2D eigenvalue weighted by atomic mass is 9.64. The molecule has 2 aromatic carbocycles. The molecule has 1 heteroatoms. The van der Waals surface area contributed by atoms with E-state index in [1.165, 1.54) is 35.1 Å². The van der Waals surface area contributed by atoms with Gasteiger partial charge in [0, 0.05) is 17.8 Å². The molecule has 0 unspecified atom stereocenters. The van der Waals surface area contributed by atoms with Crippen molar-refractivity contribution in [3.8, 4) is 0 Å². The first kappa shape index (κ1) is 15.1. The number of nitrogens with zero attached hydrogens (tertiary/aromatic N) is 1. The standard InChI is InChI=1S/C23H23N/c1-3-8-19(9-4-1)16-23(17-20-10-5-2-6-11-20)14-7-12-21-18-24-15-13-22(21)23/h1-6,8-11,13,15,18H,7,12,14,16-17H2. The Morgan fingerprint density at radius 1 is 0.792 bits per heavy atom. The smallest absolute Gasteiger partial charge is 0.0302 e. The van der Waals surface area contributed by atoms with E-state index >= 15 is 0 Å². The van der Waals surface area contributed by atoms with Crippen LogP contribution >= 0.6 is 0 Å². The fraction of sp³-hybridized carbons (Fsp3) is 0.261. The second-order valence-corrected chi connectivity index (χ2v) is 6.99. The third kappa shape index (κ3) is 2.99. The van der Waals surface area contributed by atoms with E-state index in [1.807, 2.05) is 6.20 Å². The van der Waals surface area contributed by atoms with Gasteiger partial charge in [-0.15, -0.1) is 0 Å². The SMILES string of the molecule is c1ccc(CC2(Cc3ccccc3)CCCc3cnccc32)cc1. The molecule has 1 aliphatic carbocycles. The molecule has 1 nitrogen and oxygen atoms in total. The van der Waals surface area contributed by atoms with Crippen molar-refractivity contribution in [1.82, 2.24) is 4.98 Å². The van der Waals surface area contributed by atoms with Crippen molar-refractivity contribution in [2.75, 3.05) is 0 Å². The van der Waals surface area contributed by atoms with Crippen LogP contribution < -0.4 is 0 Å². The maximum atomic E-state index is 4.38. The second-order valence-electron chi connectivity index (χ2n) is 6.99. The Balaban J connectivity index is 1.78. The highest BCUT2D eigenvalue weighted by atomic mass is 14.6. The van der Waals surface area contributed by atoms with Gasteiger partial charge in [0.1, 0.15) is 0 Å². The fourth-order valence-corrected chi connectivity index (χ4v) is 4.30. The normalized spacial score (nSPS) is 15.7. The lowest BCUT2D eigenvalue weighted by Gasteiger charge is -2.40. The molecule has 1 aliphatic rings. The summed E-state index contributed by atoms with van der Waals surface area (Å²) in [6.07, 6.45) is 9.90. The molecule has 0 spiro atoms. The molecule has 1 aromatic heterocycles. The summed E-state index contributed by atoms with van der Waals surface area (Å²) in [4.78, 5) is 4.38. The van der Waals surface area contributed by atoms with Gasteiger partial charge in [0.05, 0.1) is 0 Å². The number of aryl methyl sites for hydroxylation is 1. The first-order valence-electron chi connectivity index (χ1n) is 8.87. The summed E-state index contributed by atoms with van der Waals surface area (Å²) in [5.74, 6) is 0. The van der Waals surface area contributed by atoms with Gasteiger partial charge in [-0.25, -0.2) is 0 Å². The number of aromatic nitrogens is 1. The molecule has 4 rings (SSSR count). The van der Waals surface area contributed by atoms with Crippen LogP contribution in [0.25, 0.3) is 0 Å². The van der Waals surface area contributed by atoms with Crippen molar-refractivity contribution in [3.63, 3.8) is 0 Å². The van der Waals surface area contributed by atoms with Gasteiger partial charge >= 0.3 is 0 Å². The minimum atomic E-state index is 0.180. The Labute approximate surface area is 144 Å². The number of hydrogen-bond donors (Lipinski definition) is 0. The van der Waals surface area contributed by atoms with E-state index in [0.717, 1.165) is 19.3 Å². The van der Waals surface area contributed by atoms with Gasteiger partial charge < -0.3 is 0 Å². The average Bonchev–Trinajstić information content (AvgIpc) is 2.64. The van der Waals surface area contributed by atoms with Gasteiger partial charge in [-0.2, -0.15) is 0 Å². The van der Waals surface area contributed by atoms with Crippen molar-refractivity contribution in [2.45, 2.75) is 37.5 Å². The van der Waals surface area contributed by atoms with Gasteiger partial charge in [0.25, 0.3) is 0 Å². The summed E-state index contributed by atoms with van der Waals surface area (Å²) in [6.45, 7) is 0. The zero-order valence-corrected chi connectivity index (χ0v) is 14.0. The van der Waals surface area contributed by atoms with E-state index in [9.17, 15) is 0 Å². The van der Waals surface area contributed by atoms with Gasteiger partial charge in [0.15, 0.2) is 0 Å². The number of hydrogen-bond acceptors (Lipinski definition) is 1. The van der Waals surface area contributed by atoms with Crippen molar-refractivity contribution >= 4 is 0 Å². The van der Waals surface area contributed by atoms with Crippen molar-refractivity contribution in [3.05, 3.63) is 101 Å². The third-order valence-corrected chi connectivity index (χ3v) is 5.35. The van der Waals surface area contributed by atoms with E-state index in [-0.39, 0.29) is 5.41 Å². The zero-order valence-electron chi connectivity index (χ0n) is 14.0. The summed E-state index contributed by atoms with van der Waals surface area (Å²) in [5, 5.41) is 0. The van der Waals surface area contributed by atoms with E-state index in [2.05, 4.69) is 77.9 Å². The molecular weight excluding hydrogens is 290 g/mol. The number of fused-ring (bicyclic) bond motifs is 1. The summed E-state index contributed by atoms with van der Waals surface area (Å²) in [6, 6.07) is 24.2. The van der Waals surface area contributed by atoms with Crippen LogP contribution in [0.4, 0.5) is 0 Å².